The van der Waals surface area contributed by atoms with Crippen LogP contribution < -0.4 is 14.8 Å². The summed E-state index contributed by atoms with van der Waals surface area (Å²) >= 11 is 14.1. The van der Waals surface area contributed by atoms with E-state index < -0.39 is 0 Å². The summed E-state index contributed by atoms with van der Waals surface area (Å²) in [4.78, 5) is 32.7. The molecule has 48 heavy (non-hydrogen) atoms. The molecule has 2 fully saturated rings. The van der Waals surface area contributed by atoms with Crippen LogP contribution in [0.4, 0.5) is 0 Å². The van der Waals surface area contributed by atoms with Crippen molar-refractivity contribution < 1.29 is 19.4 Å². The van der Waals surface area contributed by atoms with Crippen molar-refractivity contribution >= 4 is 29.1 Å². The lowest BCUT2D eigenvalue weighted by atomic mass is 9.91. The molecular formula is C36H40Cl2N6O4. The Hall–Kier alpha value is -3.83. The monoisotopic (exact) mass is 690 g/mol. The Morgan fingerprint density at radius 2 is 1.52 bits per heavy atom. The second-order valence-electron chi connectivity index (χ2n) is 12.9. The first-order valence-corrected chi connectivity index (χ1v) is 17.0. The minimum Gasteiger partial charge on any atom is -0.480 e. The number of methoxy groups -OCH3 is 2. The summed E-state index contributed by atoms with van der Waals surface area (Å²) in [6.07, 6.45) is 8.28. The summed E-state index contributed by atoms with van der Waals surface area (Å²) in [5.74, 6) is 1.01. The number of hydrogen-bond donors (Lipinski definition) is 2. The van der Waals surface area contributed by atoms with E-state index in [0.717, 1.165) is 61.3 Å². The van der Waals surface area contributed by atoms with Crippen LogP contribution in [-0.2, 0) is 17.8 Å². The molecule has 4 aromatic rings. The summed E-state index contributed by atoms with van der Waals surface area (Å²) in [5, 5.41) is 13.7. The minimum absolute atomic E-state index is 0.105. The summed E-state index contributed by atoms with van der Waals surface area (Å²) in [5.41, 5.74) is 5.43. The zero-order chi connectivity index (χ0) is 33.8. The van der Waals surface area contributed by atoms with Crippen molar-refractivity contribution in [2.75, 3.05) is 33.9 Å². The molecule has 2 aromatic heterocycles. The minimum atomic E-state index is -0.105. The first-order chi connectivity index (χ1) is 23.2. The van der Waals surface area contributed by atoms with Gasteiger partial charge in [0.1, 0.15) is 11.4 Å². The van der Waals surface area contributed by atoms with E-state index in [1.165, 1.54) is 0 Å². The number of aliphatic hydroxyl groups is 1. The number of aromatic nitrogens is 4. The lowest BCUT2D eigenvalue weighted by molar-refractivity contribution is -0.119. The number of aryl methyl sites for hydroxylation is 1. The van der Waals surface area contributed by atoms with E-state index in [0.29, 0.717) is 63.7 Å². The summed E-state index contributed by atoms with van der Waals surface area (Å²) in [6, 6.07) is 11.7. The highest BCUT2D eigenvalue weighted by Gasteiger charge is 2.33. The molecule has 1 amide bonds. The van der Waals surface area contributed by atoms with Gasteiger partial charge in [-0.15, -0.1) is 0 Å². The van der Waals surface area contributed by atoms with Gasteiger partial charge in [0.05, 0.1) is 48.0 Å². The second kappa shape index (κ2) is 14.7. The topological polar surface area (TPSA) is 123 Å². The third-order valence-electron chi connectivity index (χ3n) is 9.29. The molecule has 0 bridgehead atoms. The lowest BCUT2D eigenvalue weighted by Crippen LogP contribution is -2.27. The van der Waals surface area contributed by atoms with Crippen LogP contribution in [0.3, 0.4) is 0 Å². The molecule has 2 aliphatic rings. The maximum absolute atomic E-state index is 11.5. The molecule has 6 rings (SSSR count). The highest BCUT2D eigenvalue weighted by molar-refractivity contribution is 6.39. The van der Waals surface area contributed by atoms with E-state index >= 15 is 0 Å². The zero-order valence-corrected chi connectivity index (χ0v) is 28.9. The number of likely N-dealkylation sites (tertiary alicyclic amines) is 1. The van der Waals surface area contributed by atoms with Gasteiger partial charge in [-0.3, -0.25) is 19.7 Å². The largest absolute Gasteiger partial charge is 0.480 e. The molecule has 0 radical (unpaired) electrons. The van der Waals surface area contributed by atoms with Crippen molar-refractivity contribution in [3.63, 3.8) is 0 Å². The molecule has 2 N–H and O–H groups in total. The molecule has 2 aliphatic heterocycles. The predicted octanol–water partition coefficient (Wildman–Crippen LogP) is 6.40. The molecule has 0 spiro atoms. The first kappa shape index (κ1) is 34.0. The van der Waals surface area contributed by atoms with Crippen LogP contribution in [0.5, 0.6) is 11.8 Å². The van der Waals surface area contributed by atoms with E-state index in [9.17, 15) is 9.90 Å². The van der Waals surface area contributed by atoms with Gasteiger partial charge < -0.3 is 19.9 Å². The number of hydrogen-bond acceptors (Lipinski definition) is 9. The first-order valence-electron chi connectivity index (χ1n) is 16.2. The van der Waals surface area contributed by atoms with Gasteiger partial charge >= 0.3 is 0 Å². The molecule has 0 saturated carbocycles. The number of amides is 1. The Kier molecular flexibility index (Phi) is 10.5. The Morgan fingerprint density at radius 3 is 2.06 bits per heavy atom. The van der Waals surface area contributed by atoms with Gasteiger partial charge in [-0.25, -0.2) is 9.97 Å². The maximum atomic E-state index is 11.5. The van der Waals surface area contributed by atoms with Crippen molar-refractivity contribution in [1.29, 1.82) is 0 Å². The van der Waals surface area contributed by atoms with Crippen LogP contribution >= 0.6 is 23.2 Å². The number of aliphatic hydroxyl groups excluding tert-OH is 1. The number of carbonyl (C=O) groups is 1. The highest BCUT2D eigenvalue weighted by atomic mass is 35.5. The summed E-state index contributed by atoms with van der Waals surface area (Å²) in [7, 11) is 3.17. The maximum Gasteiger partial charge on any atom is 0.237 e. The third kappa shape index (κ3) is 7.27. The number of nitrogens with zero attached hydrogens (tertiary/aromatic N) is 5. The van der Waals surface area contributed by atoms with Crippen molar-refractivity contribution in [1.82, 2.24) is 30.2 Å². The third-order valence-corrected chi connectivity index (χ3v) is 10.1. The number of ether oxygens (including phenoxy) is 2. The van der Waals surface area contributed by atoms with Crippen LogP contribution in [0.15, 0.2) is 48.8 Å². The highest BCUT2D eigenvalue weighted by Crippen LogP contribution is 2.42. The molecule has 2 aromatic carbocycles. The van der Waals surface area contributed by atoms with Crippen molar-refractivity contribution in [2.24, 2.45) is 5.41 Å². The van der Waals surface area contributed by atoms with Crippen LogP contribution in [0.1, 0.15) is 50.4 Å². The Labute approximate surface area is 290 Å². The van der Waals surface area contributed by atoms with Gasteiger partial charge in [0.2, 0.25) is 17.7 Å². The molecule has 1 unspecified atom stereocenters. The van der Waals surface area contributed by atoms with E-state index in [4.69, 9.17) is 47.6 Å². The molecule has 10 nitrogen and oxygen atoms in total. The number of rotatable bonds is 12. The quantitative estimate of drug-likeness (QED) is 0.174. The van der Waals surface area contributed by atoms with Gasteiger partial charge in [0, 0.05) is 59.8 Å². The molecule has 4 heterocycles. The summed E-state index contributed by atoms with van der Waals surface area (Å²) < 4.78 is 11.3. The van der Waals surface area contributed by atoms with E-state index in [2.05, 4.69) is 22.1 Å². The van der Waals surface area contributed by atoms with Crippen LogP contribution in [-0.4, -0.2) is 75.8 Å². The smallest absolute Gasteiger partial charge is 0.237 e. The summed E-state index contributed by atoms with van der Waals surface area (Å²) in [6.45, 7) is 4.50. The van der Waals surface area contributed by atoms with Gasteiger partial charge in [-0.2, -0.15) is 0 Å². The van der Waals surface area contributed by atoms with Gasteiger partial charge in [-0.1, -0.05) is 66.5 Å². The van der Waals surface area contributed by atoms with E-state index in [1.54, 1.807) is 26.6 Å². The Balaban J connectivity index is 1.23. The van der Waals surface area contributed by atoms with Gasteiger partial charge in [-0.05, 0) is 38.6 Å². The normalized spacial score (nSPS) is 19.5. The number of carbonyl (C=O) groups excluding carboxylic acids is 1. The average molecular weight is 692 g/mol. The van der Waals surface area contributed by atoms with Crippen LogP contribution in [0, 0.1) is 5.41 Å². The van der Waals surface area contributed by atoms with Crippen molar-refractivity contribution in [2.45, 2.75) is 58.0 Å². The fourth-order valence-electron chi connectivity index (χ4n) is 6.55. The standard InChI is InChI=1S/C36H40Cl2N6O4/c1-36(21-45)15-16-44(20-36)19-30-35(48-3)43-29(18-40-30)26-11-6-9-24(33(26)38)23-8-5-10-25(32(23)37)28-17-39-27(34(42-28)47-2)12-4-7-22-13-14-31(46)41-22/h5-6,8-11,17-18,22,45H,4,7,12-16,19-21H2,1-3H3,(H,41,46)/t22-,36?/m1/s1. The fourth-order valence-corrected chi connectivity index (χ4v) is 7.20. The lowest BCUT2D eigenvalue weighted by Gasteiger charge is -2.22. The van der Waals surface area contributed by atoms with Crippen LogP contribution in [0.2, 0.25) is 10.0 Å². The SMILES string of the molecule is COc1nc(-c2cccc(-c3cccc(-c4cnc(CN5CCC(C)(CO)C5)c(OC)n4)c3Cl)c2Cl)cnc1CCC[C@@H]1CCC(=O)N1. The molecule has 12 heteroatoms. The molecule has 0 aliphatic carbocycles. The predicted molar refractivity (Wildman–Crippen MR) is 186 cm³/mol. The van der Waals surface area contributed by atoms with Gasteiger partial charge in [0.25, 0.3) is 0 Å². The zero-order valence-electron chi connectivity index (χ0n) is 27.4. The molecule has 252 valence electrons. The number of benzene rings is 2. The van der Waals surface area contributed by atoms with E-state index in [1.807, 2.05) is 36.4 Å². The second-order valence-corrected chi connectivity index (χ2v) is 13.6. The van der Waals surface area contributed by atoms with Crippen LogP contribution in [0.25, 0.3) is 33.6 Å². The van der Waals surface area contributed by atoms with E-state index in [-0.39, 0.29) is 24.0 Å². The van der Waals surface area contributed by atoms with Gasteiger partial charge in [0.15, 0.2) is 0 Å². The van der Waals surface area contributed by atoms with Crippen molar-refractivity contribution in [3.8, 4) is 45.4 Å². The number of nitrogens with one attached hydrogen (secondary N) is 1. The Morgan fingerprint density at radius 1 is 0.938 bits per heavy atom. The Bertz CT molecular complexity index is 1810. The average Bonchev–Trinajstić information content (AvgIpc) is 3.70. The van der Waals surface area contributed by atoms with Crippen molar-refractivity contribution in [3.05, 3.63) is 70.2 Å². The molecule has 2 atom stereocenters. The number of halogens is 2. The fraction of sp³-hybridized carbons (Fsp3) is 0.417. The molecular weight excluding hydrogens is 651 g/mol. The molecule has 2 saturated heterocycles.